The van der Waals surface area contributed by atoms with Crippen molar-refractivity contribution < 1.29 is 0 Å². The summed E-state index contributed by atoms with van der Waals surface area (Å²) in [5.74, 6) is 1.18. The van der Waals surface area contributed by atoms with Crippen molar-refractivity contribution in [2.24, 2.45) is 28.1 Å². The Labute approximate surface area is 59.8 Å². The predicted molar refractivity (Wildman–Crippen MR) is 40.8 cm³/mol. The van der Waals surface area contributed by atoms with E-state index in [2.05, 4.69) is 4.99 Å². The van der Waals surface area contributed by atoms with Crippen molar-refractivity contribution in [3.8, 4) is 0 Å². The topological polar surface area (TPSA) is 90.4 Å². The molecule has 0 aromatic heterocycles. The molecule has 0 fully saturated rings. The van der Waals surface area contributed by atoms with Crippen LogP contribution in [0.5, 0.6) is 0 Å². The fourth-order valence-corrected chi connectivity index (χ4v) is 0.860. The number of hydrogen-bond acceptors (Lipinski definition) is 4. The first-order valence-electron chi connectivity index (χ1n) is 3.19. The molecular weight excluding hydrogens is 128 g/mol. The normalized spacial score (nSPS) is 26.5. The first kappa shape index (κ1) is 6.92. The summed E-state index contributed by atoms with van der Waals surface area (Å²) in [7, 11) is 0. The maximum Gasteiger partial charge on any atom is 0.144 e. The lowest BCUT2D eigenvalue weighted by molar-refractivity contribution is 0.712. The fourth-order valence-electron chi connectivity index (χ4n) is 0.860. The van der Waals surface area contributed by atoms with Crippen LogP contribution in [0.3, 0.4) is 0 Å². The second-order valence-electron chi connectivity index (χ2n) is 2.55. The highest BCUT2D eigenvalue weighted by atomic mass is 15.0. The summed E-state index contributed by atoms with van der Waals surface area (Å²) in [6, 6.07) is 0. The number of nitrogens with two attached hydrogens (primary N) is 3. The maximum absolute atomic E-state index is 5.52. The van der Waals surface area contributed by atoms with E-state index in [1.165, 1.54) is 0 Å². The molecule has 0 spiro atoms. The van der Waals surface area contributed by atoms with E-state index in [0.29, 0.717) is 17.4 Å². The third kappa shape index (κ3) is 1.05. The van der Waals surface area contributed by atoms with Crippen LogP contribution >= 0.6 is 0 Å². The quantitative estimate of drug-likeness (QED) is 0.422. The molecule has 1 atom stereocenters. The van der Waals surface area contributed by atoms with Gasteiger partial charge in [-0.05, 0) is 0 Å². The molecule has 1 rings (SSSR count). The van der Waals surface area contributed by atoms with Gasteiger partial charge in [0.05, 0.1) is 5.70 Å². The van der Waals surface area contributed by atoms with Crippen LogP contribution in [0.15, 0.2) is 16.5 Å². The largest absolute Gasteiger partial charge is 0.399 e. The highest BCUT2D eigenvalue weighted by molar-refractivity contribution is 5.84. The summed E-state index contributed by atoms with van der Waals surface area (Å²) < 4.78 is 0. The molecule has 6 N–H and O–H groups in total. The van der Waals surface area contributed by atoms with Gasteiger partial charge in [-0.25, -0.2) is 4.99 Å². The molecule has 56 valence electrons. The second kappa shape index (κ2) is 2.21. The Bertz CT molecular complexity index is 204. The van der Waals surface area contributed by atoms with Crippen molar-refractivity contribution in [1.29, 1.82) is 0 Å². The Morgan fingerprint density at radius 1 is 1.40 bits per heavy atom. The van der Waals surface area contributed by atoms with Crippen LogP contribution in [0.25, 0.3) is 0 Å². The number of aliphatic imine (C=N–C) groups is 1. The monoisotopic (exact) mass is 140 g/mol. The maximum atomic E-state index is 5.52. The zero-order chi connectivity index (χ0) is 7.72. The molecule has 0 aromatic carbocycles. The summed E-state index contributed by atoms with van der Waals surface area (Å²) in [5.41, 5.74) is 17.1. The summed E-state index contributed by atoms with van der Waals surface area (Å²) in [5, 5.41) is 0. The van der Waals surface area contributed by atoms with Crippen LogP contribution < -0.4 is 17.2 Å². The number of amidine groups is 1. The van der Waals surface area contributed by atoms with Crippen LogP contribution in [-0.2, 0) is 0 Å². The van der Waals surface area contributed by atoms with Gasteiger partial charge in [-0.15, -0.1) is 0 Å². The average molecular weight is 140 g/mol. The SMILES string of the molecule is CC1CC(N)=C(N)N=C1N. The second-order valence-corrected chi connectivity index (χ2v) is 2.55. The van der Waals surface area contributed by atoms with E-state index in [9.17, 15) is 0 Å². The van der Waals surface area contributed by atoms with Gasteiger partial charge in [0.25, 0.3) is 0 Å². The molecule has 0 bridgehead atoms. The molecule has 1 heterocycles. The van der Waals surface area contributed by atoms with Gasteiger partial charge in [0, 0.05) is 12.3 Å². The Morgan fingerprint density at radius 2 is 2.00 bits per heavy atom. The van der Waals surface area contributed by atoms with Gasteiger partial charge in [-0.3, -0.25) is 0 Å². The molecule has 0 amide bonds. The van der Waals surface area contributed by atoms with Crippen molar-refractivity contribution >= 4 is 5.84 Å². The van der Waals surface area contributed by atoms with E-state index >= 15 is 0 Å². The van der Waals surface area contributed by atoms with Gasteiger partial charge in [-0.2, -0.15) is 0 Å². The summed E-state index contributed by atoms with van der Waals surface area (Å²) in [6.07, 6.45) is 0.723. The van der Waals surface area contributed by atoms with Crippen LogP contribution in [0.1, 0.15) is 13.3 Å². The zero-order valence-electron chi connectivity index (χ0n) is 5.96. The van der Waals surface area contributed by atoms with E-state index in [1.807, 2.05) is 6.92 Å². The van der Waals surface area contributed by atoms with Crippen molar-refractivity contribution in [2.45, 2.75) is 13.3 Å². The van der Waals surface area contributed by atoms with Crippen molar-refractivity contribution in [2.75, 3.05) is 0 Å². The van der Waals surface area contributed by atoms with Crippen molar-refractivity contribution in [3.05, 3.63) is 11.5 Å². The van der Waals surface area contributed by atoms with Crippen molar-refractivity contribution in [3.63, 3.8) is 0 Å². The van der Waals surface area contributed by atoms with E-state index in [4.69, 9.17) is 17.2 Å². The lowest BCUT2D eigenvalue weighted by atomic mass is 10.0. The van der Waals surface area contributed by atoms with Crippen LogP contribution in [0, 0.1) is 5.92 Å². The first-order chi connectivity index (χ1) is 4.61. The lowest BCUT2D eigenvalue weighted by Crippen LogP contribution is -2.29. The smallest absolute Gasteiger partial charge is 0.144 e. The van der Waals surface area contributed by atoms with E-state index in [1.54, 1.807) is 0 Å². The molecular formula is C6H12N4. The van der Waals surface area contributed by atoms with E-state index < -0.39 is 0 Å². The fraction of sp³-hybridized carbons (Fsp3) is 0.500. The molecule has 0 radical (unpaired) electrons. The third-order valence-electron chi connectivity index (χ3n) is 1.61. The van der Waals surface area contributed by atoms with Gasteiger partial charge >= 0.3 is 0 Å². The molecule has 0 saturated heterocycles. The number of hydrogen-bond donors (Lipinski definition) is 3. The Morgan fingerprint density at radius 3 is 2.50 bits per heavy atom. The molecule has 1 unspecified atom stereocenters. The van der Waals surface area contributed by atoms with Crippen molar-refractivity contribution in [1.82, 2.24) is 0 Å². The summed E-state index contributed by atoms with van der Waals surface area (Å²) >= 11 is 0. The highest BCUT2D eigenvalue weighted by Gasteiger charge is 2.15. The lowest BCUT2D eigenvalue weighted by Gasteiger charge is -2.16. The van der Waals surface area contributed by atoms with E-state index in [-0.39, 0.29) is 5.92 Å². The molecule has 0 aromatic rings. The Balaban J connectivity index is 2.88. The molecule has 10 heavy (non-hydrogen) atoms. The summed E-state index contributed by atoms with van der Waals surface area (Å²) in [6.45, 7) is 1.97. The van der Waals surface area contributed by atoms with Gasteiger partial charge < -0.3 is 17.2 Å². The van der Waals surface area contributed by atoms with E-state index in [0.717, 1.165) is 6.42 Å². The molecule has 0 aliphatic carbocycles. The van der Waals surface area contributed by atoms with Crippen LogP contribution in [0.2, 0.25) is 0 Å². The number of allylic oxidation sites excluding steroid dienone is 1. The number of rotatable bonds is 0. The van der Waals surface area contributed by atoms with Gasteiger partial charge in [0.2, 0.25) is 0 Å². The van der Waals surface area contributed by atoms with Gasteiger partial charge in [0.1, 0.15) is 11.7 Å². The summed E-state index contributed by atoms with van der Waals surface area (Å²) in [4.78, 5) is 3.87. The minimum Gasteiger partial charge on any atom is -0.399 e. The number of nitrogens with zero attached hydrogens (tertiary/aromatic N) is 1. The average Bonchev–Trinajstić information content (AvgIpc) is 1.84. The molecule has 4 heteroatoms. The highest BCUT2D eigenvalue weighted by Crippen LogP contribution is 2.14. The molecule has 4 nitrogen and oxygen atoms in total. The Kier molecular flexibility index (Phi) is 1.53. The van der Waals surface area contributed by atoms with Crippen LogP contribution in [0.4, 0.5) is 0 Å². The zero-order valence-corrected chi connectivity index (χ0v) is 5.96. The molecule has 1 aliphatic heterocycles. The van der Waals surface area contributed by atoms with Gasteiger partial charge in [0.15, 0.2) is 0 Å². The standard InChI is InChI=1S/C6H12N4/c1-3-2-4(7)6(9)10-5(3)8/h3H,2,7,9H2,1H3,(H2,8,10). The molecule has 0 saturated carbocycles. The Hall–Kier alpha value is -1.19. The minimum absolute atomic E-state index is 0.229. The first-order valence-corrected chi connectivity index (χ1v) is 3.19. The predicted octanol–water partition coefficient (Wildman–Crippen LogP) is -0.530. The van der Waals surface area contributed by atoms with Gasteiger partial charge in [-0.1, -0.05) is 6.92 Å². The van der Waals surface area contributed by atoms with Crippen LogP contribution in [-0.4, -0.2) is 5.84 Å². The third-order valence-corrected chi connectivity index (χ3v) is 1.61. The minimum atomic E-state index is 0.229. The molecule has 1 aliphatic rings.